The zero-order valence-corrected chi connectivity index (χ0v) is 5.20. The number of carbonyl (C=O) groups excluding carboxylic acids is 2. The molecule has 0 aromatic heterocycles. The average Bonchev–Trinajstić information content (AvgIpc) is 1.79. The van der Waals surface area contributed by atoms with Gasteiger partial charge in [-0.05, 0) is 0 Å². The molecule has 0 fully saturated rings. The second-order valence-electron chi connectivity index (χ2n) is 1.62. The molecule has 56 valence electrons. The van der Waals surface area contributed by atoms with Gasteiger partial charge in [-0.15, -0.1) is 0 Å². The fourth-order valence-corrected chi connectivity index (χ4v) is 0.359. The molecule has 0 radical (unpaired) electrons. The Morgan fingerprint density at radius 2 is 1.30 bits per heavy atom. The third kappa shape index (κ3) is 6.68. The summed E-state index contributed by atoms with van der Waals surface area (Å²) in [6.07, 6.45) is 1.91. The average molecular weight is 142 g/mol. The molecule has 0 rings (SSSR count). The molecule has 0 heterocycles. The molecule has 0 aromatic rings. The molecule has 0 aliphatic carbocycles. The van der Waals surface area contributed by atoms with Gasteiger partial charge in [-0.1, -0.05) is 12.2 Å². The van der Waals surface area contributed by atoms with Crippen LogP contribution in [-0.2, 0) is 9.59 Å². The van der Waals surface area contributed by atoms with Crippen molar-refractivity contribution in [1.82, 2.24) is 0 Å². The predicted octanol–water partition coefficient (Wildman–Crippen LogP) is -2.18. The van der Waals surface area contributed by atoms with Gasteiger partial charge in [0.25, 0.3) is 0 Å². The second kappa shape index (κ2) is 4.55. The van der Waals surface area contributed by atoms with E-state index in [2.05, 4.69) is 0 Å². The van der Waals surface area contributed by atoms with Gasteiger partial charge in [0, 0.05) is 24.8 Å². The van der Waals surface area contributed by atoms with Crippen LogP contribution >= 0.6 is 0 Å². The largest absolute Gasteiger partial charge is 0.550 e. The van der Waals surface area contributed by atoms with Crippen molar-refractivity contribution in [3.63, 3.8) is 0 Å². The Morgan fingerprint density at radius 3 is 1.50 bits per heavy atom. The number of hydrogen-bond donors (Lipinski definition) is 0. The quantitative estimate of drug-likeness (QED) is 0.418. The van der Waals surface area contributed by atoms with Crippen molar-refractivity contribution in [3.8, 4) is 0 Å². The summed E-state index contributed by atoms with van der Waals surface area (Å²) < 4.78 is 0. The van der Waals surface area contributed by atoms with Crippen LogP contribution in [0.15, 0.2) is 12.2 Å². The Morgan fingerprint density at radius 1 is 1.00 bits per heavy atom. The van der Waals surface area contributed by atoms with Crippen molar-refractivity contribution >= 4 is 11.9 Å². The molecule has 0 atom stereocenters. The molecule has 0 N–H and O–H groups in total. The normalized spacial score (nSPS) is 10.0. The standard InChI is InChI=1S/C6H8O4/c7-5(8)3-1-2-4-6(9)10/h1-2H,3-4H2,(H,7,8)(H,9,10)/p-2/b2-1+. The first-order valence-electron chi connectivity index (χ1n) is 2.67. The maximum absolute atomic E-state index is 9.72. The summed E-state index contributed by atoms with van der Waals surface area (Å²) in [5.41, 5.74) is 0. The summed E-state index contributed by atoms with van der Waals surface area (Å²) >= 11 is 0. The Hall–Kier alpha value is -1.32. The molecule has 0 bridgehead atoms. The van der Waals surface area contributed by atoms with Crippen molar-refractivity contribution in [2.24, 2.45) is 0 Å². The minimum atomic E-state index is -1.23. The van der Waals surface area contributed by atoms with Gasteiger partial charge in [0.1, 0.15) is 0 Å². The first-order valence-corrected chi connectivity index (χ1v) is 2.67. The van der Waals surface area contributed by atoms with Crippen LogP contribution in [0.5, 0.6) is 0 Å². The smallest absolute Gasteiger partial charge is 0.0452 e. The van der Waals surface area contributed by atoms with E-state index in [-0.39, 0.29) is 12.8 Å². The van der Waals surface area contributed by atoms with Gasteiger partial charge in [0.05, 0.1) is 0 Å². The van der Waals surface area contributed by atoms with Gasteiger partial charge < -0.3 is 19.8 Å². The van der Waals surface area contributed by atoms with Gasteiger partial charge in [-0.3, -0.25) is 0 Å². The van der Waals surface area contributed by atoms with Crippen LogP contribution in [0.2, 0.25) is 0 Å². The van der Waals surface area contributed by atoms with Crippen LogP contribution in [0.3, 0.4) is 0 Å². The first-order chi connectivity index (χ1) is 4.63. The van der Waals surface area contributed by atoms with Crippen molar-refractivity contribution in [2.45, 2.75) is 12.8 Å². The molecule has 4 nitrogen and oxygen atoms in total. The number of rotatable bonds is 4. The summed E-state index contributed by atoms with van der Waals surface area (Å²) in [4.78, 5) is 19.4. The van der Waals surface area contributed by atoms with E-state index in [0.29, 0.717) is 0 Å². The van der Waals surface area contributed by atoms with E-state index in [1.807, 2.05) is 0 Å². The molecule has 0 amide bonds. The summed E-state index contributed by atoms with van der Waals surface area (Å²) in [6, 6.07) is 0. The Bertz CT molecular complexity index is 141. The van der Waals surface area contributed by atoms with E-state index in [1.54, 1.807) is 0 Å². The minimum absolute atomic E-state index is 0.257. The van der Waals surface area contributed by atoms with E-state index in [1.165, 1.54) is 12.2 Å². The Kier molecular flexibility index (Phi) is 3.95. The van der Waals surface area contributed by atoms with Crippen LogP contribution in [0.1, 0.15) is 12.8 Å². The maximum Gasteiger partial charge on any atom is 0.0452 e. The lowest BCUT2D eigenvalue weighted by molar-refractivity contribution is -0.306. The van der Waals surface area contributed by atoms with Crippen molar-refractivity contribution in [1.29, 1.82) is 0 Å². The molecular formula is C6H6O4-2. The number of aliphatic carboxylic acids is 2. The number of carboxylic acids is 2. The van der Waals surface area contributed by atoms with Gasteiger partial charge in [-0.25, -0.2) is 0 Å². The molecule has 0 spiro atoms. The zero-order valence-electron chi connectivity index (χ0n) is 5.20. The monoisotopic (exact) mass is 142 g/mol. The van der Waals surface area contributed by atoms with Gasteiger partial charge >= 0.3 is 0 Å². The summed E-state index contributed by atoms with van der Waals surface area (Å²) in [7, 11) is 0. The first kappa shape index (κ1) is 8.68. The lowest BCUT2D eigenvalue weighted by atomic mass is 10.3. The van der Waals surface area contributed by atoms with E-state index in [4.69, 9.17) is 0 Å². The fraction of sp³-hybridized carbons (Fsp3) is 0.333. The van der Waals surface area contributed by atoms with Gasteiger partial charge in [0.2, 0.25) is 0 Å². The van der Waals surface area contributed by atoms with Crippen LogP contribution in [0.25, 0.3) is 0 Å². The van der Waals surface area contributed by atoms with E-state index >= 15 is 0 Å². The molecule has 0 unspecified atom stereocenters. The topological polar surface area (TPSA) is 80.3 Å². The molecule has 0 aromatic carbocycles. The Balaban J connectivity index is 3.38. The third-order valence-electron chi connectivity index (χ3n) is 0.736. The predicted molar refractivity (Wildman–Crippen MR) is 28.4 cm³/mol. The number of carbonyl (C=O) groups is 2. The molecule has 10 heavy (non-hydrogen) atoms. The van der Waals surface area contributed by atoms with Gasteiger partial charge in [0.15, 0.2) is 0 Å². The molecule has 0 aliphatic rings. The maximum atomic E-state index is 9.72. The minimum Gasteiger partial charge on any atom is -0.550 e. The van der Waals surface area contributed by atoms with E-state index in [9.17, 15) is 19.8 Å². The van der Waals surface area contributed by atoms with Crippen LogP contribution in [0.4, 0.5) is 0 Å². The molecule has 0 saturated carbocycles. The molecule has 0 saturated heterocycles. The second-order valence-corrected chi connectivity index (χ2v) is 1.62. The molecular weight excluding hydrogens is 136 g/mol. The van der Waals surface area contributed by atoms with Gasteiger partial charge in [-0.2, -0.15) is 0 Å². The highest BCUT2D eigenvalue weighted by Gasteiger charge is 1.79. The summed E-state index contributed by atoms with van der Waals surface area (Å²) in [5, 5.41) is 19.4. The third-order valence-corrected chi connectivity index (χ3v) is 0.736. The van der Waals surface area contributed by atoms with Crippen molar-refractivity contribution in [2.75, 3.05) is 0 Å². The highest BCUT2D eigenvalue weighted by atomic mass is 16.4. The lowest BCUT2D eigenvalue weighted by Gasteiger charge is -1.95. The van der Waals surface area contributed by atoms with E-state index in [0.717, 1.165) is 0 Å². The van der Waals surface area contributed by atoms with E-state index < -0.39 is 11.9 Å². The SMILES string of the molecule is O=C([O-])C/C=C/CC(=O)[O-]. The lowest BCUT2D eigenvalue weighted by Crippen LogP contribution is -2.21. The highest BCUT2D eigenvalue weighted by Crippen LogP contribution is 1.83. The number of carboxylic acid groups (broad SMARTS) is 2. The molecule has 0 aliphatic heterocycles. The van der Waals surface area contributed by atoms with Crippen molar-refractivity contribution < 1.29 is 19.8 Å². The van der Waals surface area contributed by atoms with Crippen LogP contribution < -0.4 is 10.2 Å². The van der Waals surface area contributed by atoms with Crippen molar-refractivity contribution in [3.05, 3.63) is 12.2 Å². The van der Waals surface area contributed by atoms with Crippen LogP contribution in [-0.4, -0.2) is 11.9 Å². The Labute approximate surface area is 57.8 Å². The molecule has 4 heteroatoms. The summed E-state index contributed by atoms with van der Waals surface area (Å²) in [5.74, 6) is -2.45. The summed E-state index contributed by atoms with van der Waals surface area (Å²) in [6.45, 7) is 0. The number of hydrogen-bond acceptors (Lipinski definition) is 4. The highest BCUT2D eigenvalue weighted by molar-refractivity contribution is 5.68. The fourth-order valence-electron chi connectivity index (χ4n) is 0.359. The zero-order chi connectivity index (χ0) is 7.98. The van der Waals surface area contributed by atoms with Crippen LogP contribution in [0, 0.1) is 0 Å².